The van der Waals surface area contributed by atoms with Crippen LogP contribution in [-0.2, 0) is 18.9 Å². The highest BCUT2D eigenvalue weighted by Gasteiger charge is 2.72. The van der Waals surface area contributed by atoms with Crippen molar-refractivity contribution in [1.29, 1.82) is 0 Å². The minimum atomic E-state index is -0.308. The molecule has 3 unspecified atom stereocenters. The van der Waals surface area contributed by atoms with Gasteiger partial charge in [-0.15, -0.1) is 0 Å². The summed E-state index contributed by atoms with van der Waals surface area (Å²) in [5, 5.41) is 3.16. The fourth-order valence-electron chi connectivity index (χ4n) is 6.52. The van der Waals surface area contributed by atoms with E-state index in [1.807, 2.05) is 0 Å². The van der Waals surface area contributed by atoms with Gasteiger partial charge in [-0.2, -0.15) is 0 Å². The number of carbonyl (C=O) groups excluding carboxylic acids is 1. The Labute approximate surface area is 185 Å². The van der Waals surface area contributed by atoms with Crippen molar-refractivity contribution in [3.63, 3.8) is 0 Å². The zero-order valence-electron chi connectivity index (χ0n) is 19.4. The molecule has 5 saturated heterocycles. The predicted octanol–water partition coefficient (Wildman–Crippen LogP) is 2.88. The van der Waals surface area contributed by atoms with E-state index in [4.69, 9.17) is 18.9 Å². The number of rotatable bonds is 6. The van der Waals surface area contributed by atoms with Gasteiger partial charge in [0.1, 0.15) is 23.4 Å². The molecule has 7 atom stereocenters. The Kier molecular flexibility index (Phi) is 5.60. The number of hydrogen-bond donors (Lipinski definition) is 1. The number of methoxy groups -OCH3 is 1. The second-order valence-electron chi connectivity index (χ2n) is 10.7. The average molecular weight is 435 g/mol. The van der Waals surface area contributed by atoms with E-state index in [2.05, 4.69) is 37.1 Å². The van der Waals surface area contributed by atoms with Gasteiger partial charge in [-0.3, -0.25) is 0 Å². The number of nitrogens with zero attached hydrogens (tertiary/aromatic N) is 1. The van der Waals surface area contributed by atoms with Gasteiger partial charge in [0.15, 0.2) is 0 Å². The van der Waals surface area contributed by atoms with Crippen LogP contribution in [-0.4, -0.2) is 79.9 Å². The Hall–Kier alpha value is -1.15. The highest BCUT2D eigenvalue weighted by Crippen LogP contribution is 2.59. The summed E-state index contributed by atoms with van der Waals surface area (Å²) in [4.78, 5) is 15.3. The first-order chi connectivity index (χ1) is 14.8. The molecule has 2 bridgehead atoms. The van der Waals surface area contributed by atoms with E-state index in [9.17, 15) is 4.79 Å². The topological polar surface area (TPSA) is 75.9 Å². The maximum atomic E-state index is 12.8. The molecule has 0 aromatic carbocycles. The average Bonchev–Trinajstić information content (AvgIpc) is 3.66. The largest absolute Gasteiger partial charge is 0.443 e. The van der Waals surface area contributed by atoms with Crippen LogP contribution in [0, 0.1) is 11.8 Å². The number of allylic oxidation sites excluding steroid dienone is 1. The van der Waals surface area contributed by atoms with E-state index in [1.54, 1.807) is 7.11 Å². The first-order valence-electron chi connectivity index (χ1n) is 12.0. The molecule has 7 nitrogen and oxygen atoms in total. The summed E-state index contributed by atoms with van der Waals surface area (Å²) in [6.45, 7) is 10.4. The van der Waals surface area contributed by atoms with Gasteiger partial charge >= 0.3 is 6.09 Å². The fourth-order valence-corrected chi connectivity index (χ4v) is 6.52. The van der Waals surface area contributed by atoms with Gasteiger partial charge in [0.2, 0.25) is 0 Å². The van der Waals surface area contributed by atoms with E-state index in [0.717, 1.165) is 45.5 Å². The zero-order chi connectivity index (χ0) is 21.8. The van der Waals surface area contributed by atoms with Gasteiger partial charge in [0, 0.05) is 19.7 Å². The van der Waals surface area contributed by atoms with Gasteiger partial charge < -0.3 is 29.2 Å². The highest BCUT2D eigenvalue weighted by molar-refractivity contribution is 5.68. The molecule has 0 radical (unpaired) electrons. The summed E-state index contributed by atoms with van der Waals surface area (Å²) in [5.74, 6) is 0.636. The van der Waals surface area contributed by atoms with E-state index in [-0.39, 0.29) is 47.6 Å². The van der Waals surface area contributed by atoms with Crippen molar-refractivity contribution in [2.45, 2.75) is 88.4 Å². The van der Waals surface area contributed by atoms with Gasteiger partial charge in [0.05, 0.1) is 18.6 Å². The number of epoxide rings is 2. The van der Waals surface area contributed by atoms with Crippen LogP contribution in [0.5, 0.6) is 0 Å². The van der Waals surface area contributed by atoms with Crippen LogP contribution in [0.25, 0.3) is 0 Å². The van der Waals surface area contributed by atoms with Crippen LogP contribution in [0.2, 0.25) is 0 Å². The Morgan fingerprint density at radius 2 is 2.00 bits per heavy atom. The summed E-state index contributed by atoms with van der Waals surface area (Å²) in [6.07, 6.45) is 6.45. The number of alkyl carbamates (subject to hydrolysis) is 1. The summed E-state index contributed by atoms with van der Waals surface area (Å²) in [6, 6.07) is 0.200. The number of fused-ring (bicyclic) bond motifs is 3. The van der Waals surface area contributed by atoms with Crippen LogP contribution in [0.3, 0.4) is 0 Å². The van der Waals surface area contributed by atoms with E-state index >= 15 is 0 Å². The molecule has 1 aliphatic carbocycles. The van der Waals surface area contributed by atoms with Crippen molar-refractivity contribution in [1.82, 2.24) is 10.2 Å². The molecule has 31 heavy (non-hydrogen) atoms. The first kappa shape index (κ1) is 21.7. The number of carbonyl (C=O) groups is 1. The van der Waals surface area contributed by atoms with Gasteiger partial charge in [-0.1, -0.05) is 11.6 Å². The number of amides is 1. The lowest BCUT2D eigenvalue weighted by Crippen LogP contribution is -2.59. The number of piperidine rings is 3. The summed E-state index contributed by atoms with van der Waals surface area (Å²) >= 11 is 0. The molecule has 1 N–H and O–H groups in total. The Bertz CT molecular complexity index is 725. The third-order valence-electron chi connectivity index (χ3n) is 8.45. The Morgan fingerprint density at radius 1 is 1.26 bits per heavy atom. The molecular weight excluding hydrogens is 396 g/mol. The molecule has 1 saturated carbocycles. The quantitative estimate of drug-likeness (QED) is 0.512. The summed E-state index contributed by atoms with van der Waals surface area (Å²) < 4.78 is 24.2. The van der Waals surface area contributed by atoms with Crippen LogP contribution >= 0.6 is 0 Å². The van der Waals surface area contributed by atoms with Gasteiger partial charge in [0.25, 0.3) is 0 Å². The first-order valence-corrected chi connectivity index (χ1v) is 12.0. The lowest BCUT2D eigenvalue weighted by molar-refractivity contribution is -0.118. The van der Waals surface area contributed by atoms with Gasteiger partial charge in [-0.05, 0) is 71.9 Å². The van der Waals surface area contributed by atoms with E-state index in [1.165, 1.54) is 18.4 Å². The maximum absolute atomic E-state index is 12.8. The van der Waals surface area contributed by atoms with Crippen LogP contribution < -0.4 is 5.32 Å². The smallest absolute Gasteiger partial charge is 0.407 e. The van der Waals surface area contributed by atoms with Crippen molar-refractivity contribution < 1.29 is 23.7 Å². The highest BCUT2D eigenvalue weighted by atomic mass is 16.6. The summed E-state index contributed by atoms with van der Waals surface area (Å²) in [7, 11) is 1.72. The predicted molar refractivity (Wildman–Crippen MR) is 116 cm³/mol. The maximum Gasteiger partial charge on any atom is 0.407 e. The Balaban J connectivity index is 1.25. The molecule has 0 aromatic rings. The van der Waals surface area contributed by atoms with Crippen LogP contribution in [0.15, 0.2) is 11.6 Å². The third kappa shape index (κ3) is 4.03. The van der Waals surface area contributed by atoms with E-state index < -0.39 is 0 Å². The molecule has 1 amide bonds. The standard InChI is InChI=1S/C24H38N2O5/c1-15(2)5-6-19-23(3,31-19)21-20(28-4)18(7-10-24(21)14-29-24)30-22(27)25-17-13-26-11-8-16(17)9-12-26/h5,16-21H,6-14H2,1-4H3,(H,25,27)/t17?,18-,19-,20-,21?,23?,24+/m1/s1. The third-order valence-corrected chi connectivity index (χ3v) is 8.45. The normalized spacial score (nSPS) is 47.7. The molecular formula is C24H38N2O5. The van der Waals surface area contributed by atoms with E-state index in [0.29, 0.717) is 5.92 Å². The molecule has 6 fully saturated rings. The number of ether oxygens (including phenoxy) is 4. The molecule has 174 valence electrons. The fraction of sp³-hybridized carbons (Fsp3) is 0.875. The monoisotopic (exact) mass is 434 g/mol. The zero-order valence-corrected chi connectivity index (χ0v) is 19.4. The molecule has 0 aromatic heterocycles. The SMILES string of the molecule is CO[C@H]1C(C2(C)O[C@@H]2CC=C(C)C)[C@]2(CC[C@H]1OC(=O)NC1CN3CCC1CC3)CO2. The minimum absolute atomic E-state index is 0.0592. The summed E-state index contributed by atoms with van der Waals surface area (Å²) in [5.41, 5.74) is 0.798. The molecule has 1 spiro atoms. The molecule has 5 aliphatic heterocycles. The molecule has 6 aliphatic rings. The molecule has 5 heterocycles. The minimum Gasteiger partial charge on any atom is -0.443 e. The van der Waals surface area contributed by atoms with Crippen LogP contribution in [0.1, 0.15) is 52.9 Å². The molecule has 6 rings (SSSR count). The lowest BCUT2D eigenvalue weighted by atomic mass is 9.68. The van der Waals surface area contributed by atoms with Crippen molar-refractivity contribution >= 4 is 6.09 Å². The van der Waals surface area contributed by atoms with Crippen molar-refractivity contribution in [3.05, 3.63) is 11.6 Å². The second-order valence-corrected chi connectivity index (χ2v) is 10.7. The lowest BCUT2D eigenvalue weighted by Gasteiger charge is -2.45. The van der Waals surface area contributed by atoms with Crippen molar-refractivity contribution in [2.24, 2.45) is 11.8 Å². The number of nitrogens with one attached hydrogen (secondary N) is 1. The second kappa shape index (κ2) is 8.01. The Morgan fingerprint density at radius 3 is 2.58 bits per heavy atom. The molecule has 7 heteroatoms. The van der Waals surface area contributed by atoms with Gasteiger partial charge in [-0.25, -0.2) is 4.79 Å². The van der Waals surface area contributed by atoms with Crippen LogP contribution in [0.4, 0.5) is 4.79 Å². The van der Waals surface area contributed by atoms with Crippen molar-refractivity contribution in [2.75, 3.05) is 33.4 Å². The van der Waals surface area contributed by atoms with Crippen molar-refractivity contribution in [3.8, 4) is 0 Å². The number of hydrogen-bond acceptors (Lipinski definition) is 6.